The second-order valence-electron chi connectivity index (χ2n) is 3.75. The summed E-state index contributed by atoms with van der Waals surface area (Å²) >= 11 is 0. The highest BCUT2D eigenvalue weighted by Crippen LogP contribution is 2.14. The minimum atomic E-state index is -0.394. The van der Waals surface area contributed by atoms with Crippen molar-refractivity contribution in [1.82, 2.24) is 14.8 Å². The molecule has 0 spiro atoms. The molecule has 0 N–H and O–H groups in total. The first-order valence-electron chi connectivity index (χ1n) is 5.33. The second kappa shape index (κ2) is 4.42. The third kappa shape index (κ3) is 2.00. The molecule has 0 bridgehead atoms. The Morgan fingerprint density at radius 1 is 1.27 bits per heavy atom. The molecule has 15 heavy (non-hydrogen) atoms. The van der Waals surface area contributed by atoms with E-state index in [0.29, 0.717) is 5.82 Å². The number of hydrogen-bond acceptors (Lipinski definition) is 4. The Bertz CT molecular complexity index is 360. The molecular formula is C10H15N3O2. The summed E-state index contributed by atoms with van der Waals surface area (Å²) in [4.78, 5) is 11.4. The average Bonchev–Trinajstić information content (AvgIpc) is 2.59. The van der Waals surface area contributed by atoms with E-state index in [4.69, 9.17) is 0 Å². The molecule has 0 unspecified atom stereocenters. The van der Waals surface area contributed by atoms with Gasteiger partial charge in [0.2, 0.25) is 5.82 Å². The van der Waals surface area contributed by atoms with Gasteiger partial charge in [0, 0.05) is 13.0 Å². The molecule has 0 aliphatic carbocycles. The Balaban J connectivity index is 2.29. The van der Waals surface area contributed by atoms with Crippen molar-refractivity contribution in [3.05, 3.63) is 11.6 Å². The highest BCUT2D eigenvalue weighted by Gasteiger charge is 2.19. The highest BCUT2D eigenvalue weighted by molar-refractivity contribution is 5.85. The summed E-state index contributed by atoms with van der Waals surface area (Å²) in [5, 5.41) is 7.93. The molecule has 2 rings (SSSR count). The average molecular weight is 209 g/mol. The zero-order chi connectivity index (χ0) is 10.7. The van der Waals surface area contributed by atoms with Crippen LogP contribution in [-0.4, -0.2) is 27.8 Å². The van der Waals surface area contributed by atoms with Crippen LogP contribution < -0.4 is 0 Å². The number of fused-ring (bicyclic) bond motifs is 1. The molecule has 5 nitrogen and oxygen atoms in total. The van der Waals surface area contributed by atoms with Crippen molar-refractivity contribution in [2.24, 2.45) is 0 Å². The van der Waals surface area contributed by atoms with E-state index in [1.807, 2.05) is 4.57 Å². The van der Waals surface area contributed by atoms with Gasteiger partial charge in [-0.15, -0.1) is 10.2 Å². The molecule has 0 fully saturated rings. The van der Waals surface area contributed by atoms with Crippen molar-refractivity contribution in [2.75, 3.05) is 7.11 Å². The Hall–Kier alpha value is -1.39. The SMILES string of the molecule is COC(=O)c1nnc2n1CCCCCC2. The van der Waals surface area contributed by atoms with Crippen LogP contribution in [0.4, 0.5) is 0 Å². The fraction of sp³-hybridized carbons (Fsp3) is 0.700. The molecule has 1 aliphatic rings. The van der Waals surface area contributed by atoms with E-state index in [9.17, 15) is 4.79 Å². The third-order valence-corrected chi connectivity index (χ3v) is 2.73. The number of esters is 1. The number of methoxy groups -OCH3 is 1. The lowest BCUT2D eigenvalue weighted by Crippen LogP contribution is -2.15. The van der Waals surface area contributed by atoms with Crippen molar-refractivity contribution in [3.63, 3.8) is 0 Å². The van der Waals surface area contributed by atoms with E-state index in [2.05, 4.69) is 14.9 Å². The molecule has 1 aromatic rings. The second-order valence-corrected chi connectivity index (χ2v) is 3.75. The zero-order valence-electron chi connectivity index (χ0n) is 8.90. The van der Waals surface area contributed by atoms with Gasteiger partial charge in [-0.2, -0.15) is 0 Å². The van der Waals surface area contributed by atoms with Gasteiger partial charge in [0.1, 0.15) is 5.82 Å². The lowest BCUT2D eigenvalue weighted by atomic mass is 10.1. The van der Waals surface area contributed by atoms with Crippen molar-refractivity contribution >= 4 is 5.97 Å². The van der Waals surface area contributed by atoms with Gasteiger partial charge in [0.05, 0.1) is 7.11 Å². The summed E-state index contributed by atoms with van der Waals surface area (Å²) in [7, 11) is 1.37. The number of ether oxygens (including phenoxy) is 1. The first-order valence-corrected chi connectivity index (χ1v) is 5.33. The van der Waals surface area contributed by atoms with Gasteiger partial charge in [0.25, 0.3) is 0 Å². The van der Waals surface area contributed by atoms with E-state index in [1.165, 1.54) is 20.0 Å². The van der Waals surface area contributed by atoms with E-state index in [-0.39, 0.29) is 0 Å². The number of aryl methyl sites for hydroxylation is 1. The number of carbonyl (C=O) groups is 1. The molecule has 2 heterocycles. The topological polar surface area (TPSA) is 57.0 Å². The van der Waals surface area contributed by atoms with Gasteiger partial charge >= 0.3 is 5.97 Å². The summed E-state index contributed by atoms with van der Waals surface area (Å²) in [6.45, 7) is 0.826. The lowest BCUT2D eigenvalue weighted by molar-refractivity contribution is 0.0580. The normalized spacial score (nSPS) is 16.3. The highest BCUT2D eigenvalue weighted by atomic mass is 16.5. The molecule has 5 heteroatoms. The van der Waals surface area contributed by atoms with Crippen LogP contribution in [0.1, 0.15) is 42.1 Å². The molecule has 1 aromatic heterocycles. The van der Waals surface area contributed by atoms with Crippen molar-refractivity contribution < 1.29 is 9.53 Å². The molecule has 0 amide bonds. The maximum Gasteiger partial charge on any atom is 0.376 e. The molecule has 0 saturated heterocycles. The summed E-state index contributed by atoms with van der Waals surface area (Å²) in [6, 6.07) is 0. The Labute approximate surface area is 88.4 Å². The quantitative estimate of drug-likeness (QED) is 0.652. The number of aromatic nitrogens is 3. The Kier molecular flexibility index (Phi) is 2.99. The third-order valence-electron chi connectivity index (χ3n) is 2.73. The van der Waals surface area contributed by atoms with Crippen molar-refractivity contribution in [3.8, 4) is 0 Å². The first kappa shape index (κ1) is 10.1. The van der Waals surface area contributed by atoms with Crippen LogP contribution in [0.15, 0.2) is 0 Å². The zero-order valence-corrected chi connectivity index (χ0v) is 8.90. The van der Waals surface area contributed by atoms with Gasteiger partial charge in [-0.25, -0.2) is 4.79 Å². The number of nitrogens with zero attached hydrogens (tertiary/aromatic N) is 3. The van der Waals surface area contributed by atoms with Crippen LogP contribution in [0.3, 0.4) is 0 Å². The Morgan fingerprint density at radius 3 is 2.87 bits per heavy atom. The summed E-state index contributed by atoms with van der Waals surface area (Å²) in [5.74, 6) is 0.860. The van der Waals surface area contributed by atoms with Crippen LogP contribution in [0, 0.1) is 0 Å². The van der Waals surface area contributed by atoms with Crippen LogP contribution in [0.25, 0.3) is 0 Å². The molecule has 0 saturated carbocycles. The number of carbonyl (C=O) groups excluding carboxylic acids is 1. The summed E-state index contributed by atoms with van der Waals surface area (Å²) in [5.41, 5.74) is 0. The van der Waals surface area contributed by atoms with Crippen molar-refractivity contribution in [1.29, 1.82) is 0 Å². The maximum atomic E-state index is 11.4. The number of hydrogen-bond donors (Lipinski definition) is 0. The molecule has 0 radical (unpaired) electrons. The fourth-order valence-electron chi connectivity index (χ4n) is 1.90. The smallest absolute Gasteiger partial charge is 0.376 e. The molecule has 1 aliphatic heterocycles. The minimum absolute atomic E-state index is 0.342. The Morgan fingerprint density at radius 2 is 2.07 bits per heavy atom. The van der Waals surface area contributed by atoms with Gasteiger partial charge in [-0.1, -0.05) is 12.8 Å². The van der Waals surface area contributed by atoms with E-state index in [1.54, 1.807) is 0 Å². The van der Waals surface area contributed by atoms with E-state index < -0.39 is 5.97 Å². The molecule has 0 aromatic carbocycles. The number of rotatable bonds is 1. The summed E-state index contributed by atoms with van der Waals surface area (Å²) in [6.07, 6.45) is 5.55. The predicted molar refractivity (Wildman–Crippen MR) is 53.5 cm³/mol. The first-order chi connectivity index (χ1) is 7.33. The van der Waals surface area contributed by atoms with E-state index in [0.717, 1.165) is 31.6 Å². The molecule has 0 atom stereocenters. The minimum Gasteiger partial charge on any atom is -0.463 e. The standard InChI is InChI=1S/C10H15N3O2/c1-15-10(14)9-12-11-8-6-4-2-3-5-7-13(8)9/h2-7H2,1H3. The fourth-order valence-corrected chi connectivity index (χ4v) is 1.90. The van der Waals surface area contributed by atoms with Gasteiger partial charge in [-0.05, 0) is 12.8 Å². The predicted octanol–water partition coefficient (Wildman–Crippen LogP) is 1.18. The van der Waals surface area contributed by atoms with Gasteiger partial charge < -0.3 is 9.30 Å². The van der Waals surface area contributed by atoms with E-state index >= 15 is 0 Å². The lowest BCUT2D eigenvalue weighted by Gasteiger charge is -2.12. The molecule has 82 valence electrons. The van der Waals surface area contributed by atoms with Crippen molar-refractivity contribution in [2.45, 2.75) is 38.6 Å². The molecular weight excluding hydrogens is 194 g/mol. The van der Waals surface area contributed by atoms with Gasteiger partial charge in [0.15, 0.2) is 0 Å². The van der Waals surface area contributed by atoms with Crippen LogP contribution >= 0.6 is 0 Å². The van der Waals surface area contributed by atoms with Crippen LogP contribution in [-0.2, 0) is 17.7 Å². The van der Waals surface area contributed by atoms with Crippen LogP contribution in [0.5, 0.6) is 0 Å². The summed E-state index contributed by atoms with van der Waals surface area (Å²) < 4.78 is 6.56. The largest absolute Gasteiger partial charge is 0.463 e. The monoisotopic (exact) mass is 209 g/mol. The van der Waals surface area contributed by atoms with Gasteiger partial charge in [-0.3, -0.25) is 0 Å². The van der Waals surface area contributed by atoms with Crippen LogP contribution in [0.2, 0.25) is 0 Å². The maximum absolute atomic E-state index is 11.4.